The molecule has 2 heterocycles. The van der Waals surface area contributed by atoms with E-state index in [1.54, 1.807) is 6.08 Å². The molecule has 31 heavy (non-hydrogen) atoms. The third-order valence-corrected chi connectivity index (χ3v) is 4.93. The monoisotopic (exact) mass is 437 g/mol. The van der Waals surface area contributed by atoms with Crippen LogP contribution in [-0.4, -0.2) is 50.8 Å². The fraction of sp³-hybridized carbons (Fsp3) is 0.476. The number of benzene rings is 1. The molecule has 10 heteroatoms. The van der Waals surface area contributed by atoms with Gasteiger partial charge in [-0.2, -0.15) is 18.2 Å². The number of likely N-dealkylation sites (N-methyl/N-ethyl adjacent to an activating group) is 1. The van der Waals surface area contributed by atoms with E-state index in [0.717, 1.165) is 48.6 Å². The third kappa shape index (κ3) is 5.71. The Bertz CT molecular complexity index is 1020. The van der Waals surface area contributed by atoms with Gasteiger partial charge in [0.1, 0.15) is 12.4 Å². The van der Waals surface area contributed by atoms with E-state index < -0.39 is 12.1 Å². The zero-order valence-electron chi connectivity index (χ0n) is 17.8. The molecule has 0 fully saturated rings. The van der Waals surface area contributed by atoms with E-state index in [1.165, 1.54) is 6.08 Å². The van der Waals surface area contributed by atoms with Gasteiger partial charge < -0.3 is 18.7 Å². The van der Waals surface area contributed by atoms with Crippen LogP contribution in [0.3, 0.4) is 0 Å². The van der Waals surface area contributed by atoms with Crippen LogP contribution in [0, 0.1) is 0 Å². The number of hydrogen-bond donors (Lipinski definition) is 0. The normalized spacial score (nSPS) is 12.6. The zero-order chi connectivity index (χ0) is 22.4. The highest BCUT2D eigenvalue weighted by molar-refractivity contribution is 5.81. The molecule has 0 radical (unpaired) electrons. The Morgan fingerprint density at radius 2 is 1.90 bits per heavy atom. The first-order valence-electron chi connectivity index (χ1n) is 10.2. The molecule has 1 aromatic carbocycles. The summed E-state index contributed by atoms with van der Waals surface area (Å²) < 4.78 is 49.7. The number of rotatable bonds is 10. The van der Waals surface area contributed by atoms with Crippen molar-refractivity contribution in [3.8, 4) is 0 Å². The van der Waals surface area contributed by atoms with Crippen LogP contribution in [0.1, 0.15) is 43.9 Å². The van der Waals surface area contributed by atoms with Gasteiger partial charge in [0.2, 0.25) is 0 Å². The molecule has 0 aliphatic heterocycles. The summed E-state index contributed by atoms with van der Waals surface area (Å²) in [5, 5.41) is 3.34. The molecular weight excluding hydrogens is 411 g/mol. The molecule has 0 aliphatic rings. The van der Waals surface area contributed by atoms with Crippen LogP contribution in [-0.2, 0) is 24.1 Å². The highest BCUT2D eigenvalue weighted by atomic mass is 19.4. The predicted octanol–water partition coefficient (Wildman–Crippen LogP) is 4.49. The summed E-state index contributed by atoms with van der Waals surface area (Å²) in [7, 11) is 0. The van der Waals surface area contributed by atoms with Gasteiger partial charge in [-0.05, 0) is 43.8 Å². The van der Waals surface area contributed by atoms with Crippen molar-refractivity contribution in [2.75, 3.05) is 26.2 Å². The number of aromatic nitrogens is 4. The molecule has 7 nitrogen and oxygen atoms in total. The molecule has 0 saturated carbocycles. The molecule has 0 spiro atoms. The molecule has 168 valence electrons. The minimum Gasteiger partial charge on any atom is -0.374 e. The fourth-order valence-electron chi connectivity index (χ4n) is 3.22. The largest absolute Gasteiger partial charge is 0.471 e. The number of hydrogen-bond acceptors (Lipinski definition) is 6. The first kappa shape index (κ1) is 23.0. The van der Waals surface area contributed by atoms with Crippen molar-refractivity contribution >= 4 is 23.2 Å². The second kappa shape index (κ2) is 10.1. The second-order valence-electron chi connectivity index (χ2n) is 6.88. The van der Waals surface area contributed by atoms with E-state index in [1.807, 2.05) is 25.1 Å². The van der Waals surface area contributed by atoms with Crippen LogP contribution in [0.15, 0.2) is 22.7 Å². The molecule has 0 bridgehead atoms. The first-order chi connectivity index (χ1) is 14.9. The highest BCUT2D eigenvalue weighted by Gasteiger charge is 2.38. The van der Waals surface area contributed by atoms with Gasteiger partial charge in [0.05, 0.1) is 11.0 Å². The van der Waals surface area contributed by atoms with Crippen molar-refractivity contribution in [3.05, 3.63) is 41.3 Å². The number of fused-ring (bicyclic) bond motifs is 1. The van der Waals surface area contributed by atoms with E-state index in [4.69, 9.17) is 9.72 Å². The van der Waals surface area contributed by atoms with Crippen molar-refractivity contribution in [2.24, 2.45) is 0 Å². The molecule has 0 saturated heterocycles. The van der Waals surface area contributed by atoms with Crippen molar-refractivity contribution in [2.45, 2.75) is 40.1 Å². The van der Waals surface area contributed by atoms with Crippen molar-refractivity contribution in [3.63, 3.8) is 0 Å². The molecular formula is C21H26F3N5O2. The molecule has 0 amide bonds. The summed E-state index contributed by atoms with van der Waals surface area (Å²) in [5.41, 5.74) is 2.54. The van der Waals surface area contributed by atoms with Gasteiger partial charge >= 0.3 is 12.1 Å². The molecule has 0 N–H and O–H groups in total. The second-order valence-corrected chi connectivity index (χ2v) is 6.88. The van der Waals surface area contributed by atoms with Gasteiger partial charge in [0, 0.05) is 19.7 Å². The Morgan fingerprint density at radius 3 is 2.55 bits per heavy atom. The van der Waals surface area contributed by atoms with Gasteiger partial charge in [-0.1, -0.05) is 31.1 Å². The van der Waals surface area contributed by atoms with Crippen LogP contribution in [0.5, 0.6) is 0 Å². The Balaban J connectivity index is 1.84. The molecule has 0 unspecified atom stereocenters. The average Bonchev–Trinajstić information content (AvgIpc) is 3.36. The summed E-state index contributed by atoms with van der Waals surface area (Å²) in [6, 6.07) is 5.71. The van der Waals surface area contributed by atoms with E-state index in [9.17, 15) is 13.2 Å². The van der Waals surface area contributed by atoms with E-state index in [0.29, 0.717) is 13.2 Å². The van der Waals surface area contributed by atoms with E-state index in [-0.39, 0.29) is 5.82 Å². The van der Waals surface area contributed by atoms with Crippen LogP contribution < -0.4 is 0 Å². The topological polar surface area (TPSA) is 69.2 Å². The van der Waals surface area contributed by atoms with Gasteiger partial charge in [-0.25, -0.2) is 4.98 Å². The lowest BCUT2D eigenvalue weighted by Gasteiger charge is -2.19. The summed E-state index contributed by atoms with van der Waals surface area (Å²) in [6.45, 7) is 10.9. The maximum atomic E-state index is 12.6. The summed E-state index contributed by atoms with van der Waals surface area (Å²) in [6.07, 6.45) is -1.66. The van der Waals surface area contributed by atoms with Crippen LogP contribution in [0.25, 0.3) is 23.2 Å². The van der Waals surface area contributed by atoms with Gasteiger partial charge in [0.25, 0.3) is 0 Å². The maximum Gasteiger partial charge on any atom is 0.471 e. The van der Waals surface area contributed by atoms with Gasteiger partial charge in [0.15, 0.2) is 5.82 Å². The lowest BCUT2D eigenvalue weighted by Crippen LogP contribution is -2.27. The minimum absolute atomic E-state index is 0.144. The van der Waals surface area contributed by atoms with Gasteiger partial charge in [-0.3, -0.25) is 0 Å². The van der Waals surface area contributed by atoms with Crippen LogP contribution >= 0.6 is 0 Å². The van der Waals surface area contributed by atoms with E-state index >= 15 is 0 Å². The molecule has 0 atom stereocenters. The van der Waals surface area contributed by atoms with Gasteiger partial charge in [-0.15, -0.1) is 0 Å². The molecule has 3 rings (SSSR count). The first-order valence-corrected chi connectivity index (χ1v) is 10.2. The molecule has 0 aliphatic carbocycles. The number of nitrogens with zero attached hydrogens (tertiary/aromatic N) is 5. The lowest BCUT2D eigenvalue weighted by molar-refractivity contribution is -0.159. The van der Waals surface area contributed by atoms with Crippen molar-refractivity contribution in [1.82, 2.24) is 24.6 Å². The number of imidazole rings is 1. The third-order valence-electron chi connectivity index (χ3n) is 4.93. The SMILES string of the molecule is CCOCc1nc2cc(/C=C/c3noc(C(F)(F)F)n3)ccc2n1CCN(CC)CC. The molecule has 2 aromatic heterocycles. The van der Waals surface area contributed by atoms with Crippen LogP contribution in [0.2, 0.25) is 0 Å². The standard InChI is InChI=1S/C21H26F3N5O2/c1-4-28(5-2)11-12-29-17-9-7-15(13-16(17)25-19(29)14-30-6-3)8-10-18-26-20(31-27-18)21(22,23)24/h7-10,13H,4-6,11-12,14H2,1-3H3/b10-8+. The fourth-order valence-corrected chi connectivity index (χ4v) is 3.22. The Labute approximate surface area is 178 Å². The predicted molar refractivity (Wildman–Crippen MR) is 111 cm³/mol. The minimum atomic E-state index is -4.66. The smallest absolute Gasteiger partial charge is 0.374 e. The quantitative estimate of drug-likeness (QED) is 0.466. The van der Waals surface area contributed by atoms with Crippen LogP contribution in [0.4, 0.5) is 13.2 Å². The number of ether oxygens (including phenoxy) is 1. The Kier molecular flexibility index (Phi) is 7.45. The summed E-state index contributed by atoms with van der Waals surface area (Å²) in [5.74, 6) is -0.664. The highest BCUT2D eigenvalue weighted by Crippen LogP contribution is 2.27. The van der Waals surface area contributed by atoms with Crippen molar-refractivity contribution < 1.29 is 22.4 Å². The van der Waals surface area contributed by atoms with E-state index in [2.05, 4.69) is 38.0 Å². The number of alkyl halides is 3. The summed E-state index contributed by atoms with van der Waals surface area (Å²) in [4.78, 5) is 10.4. The lowest BCUT2D eigenvalue weighted by atomic mass is 10.2. The Morgan fingerprint density at radius 1 is 1.13 bits per heavy atom. The number of halogens is 3. The Hall–Kier alpha value is -2.72. The average molecular weight is 437 g/mol. The summed E-state index contributed by atoms with van der Waals surface area (Å²) >= 11 is 0. The zero-order valence-corrected chi connectivity index (χ0v) is 17.8. The molecule has 3 aromatic rings. The van der Waals surface area contributed by atoms with Crippen molar-refractivity contribution in [1.29, 1.82) is 0 Å². The maximum absolute atomic E-state index is 12.6.